The van der Waals surface area contributed by atoms with Gasteiger partial charge in [0.15, 0.2) is 11.6 Å². The van der Waals surface area contributed by atoms with Crippen molar-refractivity contribution in [1.82, 2.24) is 0 Å². The van der Waals surface area contributed by atoms with Crippen molar-refractivity contribution in [1.29, 1.82) is 0 Å². The molecule has 2 aromatic rings. The number of hydrogen-bond donors (Lipinski definition) is 1. The van der Waals surface area contributed by atoms with E-state index in [2.05, 4.69) is 5.32 Å². The zero-order chi connectivity index (χ0) is 18.1. The molecule has 8 heteroatoms. The largest absolute Gasteiger partial charge is 0.378 e. The van der Waals surface area contributed by atoms with Gasteiger partial charge in [-0.1, -0.05) is 0 Å². The van der Waals surface area contributed by atoms with Gasteiger partial charge in [-0.15, -0.1) is 23.1 Å². The zero-order valence-corrected chi connectivity index (χ0v) is 15.6. The van der Waals surface area contributed by atoms with E-state index in [-0.39, 0.29) is 11.2 Å². The number of anilines is 2. The van der Waals surface area contributed by atoms with Gasteiger partial charge in [0.25, 0.3) is 0 Å². The molecule has 1 aromatic carbocycles. The van der Waals surface area contributed by atoms with Crippen LogP contribution in [0.15, 0.2) is 23.6 Å². The minimum absolute atomic E-state index is 0.199. The highest BCUT2D eigenvalue weighted by Crippen LogP contribution is 2.40. The molecule has 4 nitrogen and oxygen atoms in total. The van der Waals surface area contributed by atoms with Crippen LogP contribution < -0.4 is 10.2 Å². The first-order valence-electron chi connectivity index (χ1n) is 8.44. The highest BCUT2D eigenvalue weighted by Gasteiger charge is 2.29. The maximum Gasteiger partial charge on any atom is 0.242 e. The molecule has 0 spiro atoms. The van der Waals surface area contributed by atoms with Crippen LogP contribution in [0.2, 0.25) is 0 Å². The van der Waals surface area contributed by atoms with Crippen molar-refractivity contribution in [2.45, 2.75) is 11.7 Å². The second-order valence-electron chi connectivity index (χ2n) is 6.17. The molecule has 4 rings (SSSR count). The number of halogens is 2. The first-order valence-corrected chi connectivity index (χ1v) is 10.4. The predicted molar refractivity (Wildman–Crippen MR) is 101 cm³/mol. The van der Waals surface area contributed by atoms with Crippen LogP contribution in [0.3, 0.4) is 0 Å². The molecule has 0 saturated carbocycles. The Balaban J connectivity index is 1.61. The maximum absolute atomic E-state index is 13.8. The normalized spacial score (nSPS) is 19.9. The summed E-state index contributed by atoms with van der Waals surface area (Å²) in [6.45, 7) is 2.17. The Morgan fingerprint density at radius 2 is 2.00 bits per heavy atom. The van der Waals surface area contributed by atoms with Crippen LogP contribution >= 0.6 is 23.1 Å². The minimum Gasteiger partial charge on any atom is -0.378 e. The Morgan fingerprint density at radius 1 is 1.23 bits per heavy atom. The molecule has 0 radical (unpaired) electrons. The Labute approximate surface area is 158 Å². The van der Waals surface area contributed by atoms with Gasteiger partial charge in [0.05, 0.1) is 24.6 Å². The smallest absolute Gasteiger partial charge is 0.242 e. The van der Waals surface area contributed by atoms with Crippen LogP contribution in [0.1, 0.15) is 15.7 Å². The molecule has 138 valence electrons. The van der Waals surface area contributed by atoms with Crippen LogP contribution in [-0.4, -0.2) is 38.0 Å². The van der Waals surface area contributed by atoms with E-state index in [0.29, 0.717) is 37.7 Å². The van der Waals surface area contributed by atoms with Crippen LogP contribution in [0.5, 0.6) is 0 Å². The average molecular weight is 396 g/mol. The Morgan fingerprint density at radius 3 is 2.81 bits per heavy atom. The lowest BCUT2D eigenvalue weighted by molar-refractivity contribution is -0.115. The van der Waals surface area contributed by atoms with Gasteiger partial charge in [-0.05, 0) is 29.2 Å². The van der Waals surface area contributed by atoms with Crippen molar-refractivity contribution >= 4 is 40.4 Å². The highest BCUT2D eigenvalue weighted by atomic mass is 32.2. The van der Waals surface area contributed by atoms with Crippen LogP contribution in [0.4, 0.5) is 20.2 Å². The van der Waals surface area contributed by atoms with Gasteiger partial charge in [-0.3, -0.25) is 4.79 Å². The van der Waals surface area contributed by atoms with E-state index in [4.69, 9.17) is 4.74 Å². The lowest BCUT2D eigenvalue weighted by Crippen LogP contribution is -2.37. The Bertz CT molecular complexity index is 822. The van der Waals surface area contributed by atoms with Gasteiger partial charge in [-0.25, -0.2) is 8.78 Å². The molecule has 2 aliphatic heterocycles. The van der Waals surface area contributed by atoms with Gasteiger partial charge in [-0.2, -0.15) is 0 Å². The minimum atomic E-state index is -0.968. The molecule has 0 aliphatic carbocycles. The number of carbonyl (C=O) groups excluding carboxylic acids is 1. The van der Waals surface area contributed by atoms with E-state index in [1.165, 1.54) is 4.88 Å². The van der Waals surface area contributed by atoms with Crippen LogP contribution in [0.25, 0.3) is 0 Å². The number of hydrogen-bond acceptors (Lipinski definition) is 5. The molecule has 1 aromatic heterocycles. The molecule has 26 heavy (non-hydrogen) atoms. The lowest BCUT2D eigenvalue weighted by atomic mass is 10.1. The van der Waals surface area contributed by atoms with Crippen LogP contribution in [-0.2, 0) is 16.0 Å². The third-order valence-corrected chi connectivity index (χ3v) is 6.80. The fraction of sp³-hybridized carbons (Fsp3) is 0.389. The van der Waals surface area contributed by atoms with Crippen molar-refractivity contribution in [3.8, 4) is 0 Å². The van der Waals surface area contributed by atoms with E-state index in [1.807, 2.05) is 16.3 Å². The number of benzene rings is 1. The summed E-state index contributed by atoms with van der Waals surface area (Å²) in [7, 11) is 0. The van der Waals surface area contributed by atoms with E-state index in [0.717, 1.165) is 29.9 Å². The summed E-state index contributed by atoms with van der Waals surface area (Å²) in [6.07, 6.45) is 0.964. The monoisotopic (exact) mass is 396 g/mol. The van der Waals surface area contributed by atoms with Gasteiger partial charge < -0.3 is 15.0 Å². The second-order valence-corrected chi connectivity index (χ2v) is 8.39. The third-order valence-electron chi connectivity index (χ3n) is 4.56. The zero-order valence-electron chi connectivity index (χ0n) is 14.0. The van der Waals surface area contributed by atoms with E-state index in [9.17, 15) is 13.6 Å². The topological polar surface area (TPSA) is 41.6 Å². The van der Waals surface area contributed by atoms with Gasteiger partial charge >= 0.3 is 0 Å². The van der Waals surface area contributed by atoms with Crippen molar-refractivity contribution < 1.29 is 18.3 Å². The lowest BCUT2D eigenvalue weighted by Gasteiger charge is -2.31. The molecule has 1 saturated heterocycles. The van der Waals surface area contributed by atoms with E-state index in [1.54, 1.807) is 23.1 Å². The number of carbonyl (C=O) groups is 1. The summed E-state index contributed by atoms with van der Waals surface area (Å²) in [5.41, 5.74) is 1.82. The average Bonchev–Trinajstić information content (AvgIpc) is 3.14. The highest BCUT2D eigenvalue weighted by molar-refractivity contribution is 8.00. The Kier molecular flexibility index (Phi) is 5.15. The number of ether oxygens (including phenoxy) is 1. The summed E-state index contributed by atoms with van der Waals surface area (Å²) in [4.78, 5) is 16.0. The van der Waals surface area contributed by atoms with Crippen molar-refractivity contribution in [2.75, 3.05) is 42.3 Å². The number of amides is 1. The fourth-order valence-electron chi connectivity index (χ4n) is 3.26. The molecule has 1 unspecified atom stereocenters. The summed E-state index contributed by atoms with van der Waals surface area (Å²) >= 11 is 3.24. The molecule has 1 amide bonds. The SMILES string of the molecule is O=C(Nc1cc(F)c(F)cc1N1CCOCC1)C1SCCc2sccc21. The third kappa shape index (κ3) is 3.45. The molecule has 1 N–H and O–H groups in total. The molecular weight excluding hydrogens is 378 g/mol. The number of nitrogens with one attached hydrogen (secondary N) is 1. The molecule has 0 bridgehead atoms. The molecule has 1 atom stereocenters. The fourth-order valence-corrected chi connectivity index (χ4v) is 5.56. The van der Waals surface area contributed by atoms with Gasteiger partial charge in [0, 0.05) is 30.1 Å². The van der Waals surface area contributed by atoms with Crippen molar-refractivity contribution in [3.63, 3.8) is 0 Å². The number of thioether (sulfide) groups is 1. The van der Waals surface area contributed by atoms with Crippen molar-refractivity contribution in [3.05, 3.63) is 45.7 Å². The number of rotatable bonds is 3. The number of thiophene rings is 1. The van der Waals surface area contributed by atoms with Gasteiger partial charge in [0.2, 0.25) is 5.91 Å². The standard InChI is InChI=1S/C18H18F2N2O2S2/c19-12-9-14(15(10-13(12)20)22-3-5-24-6-4-22)21-18(23)17-11-1-7-25-16(11)2-8-26-17/h1,7,9-10,17H,2-6,8H2,(H,21,23). The number of aryl methyl sites for hydroxylation is 1. The molecule has 3 heterocycles. The summed E-state index contributed by atoms with van der Waals surface area (Å²) < 4.78 is 33.0. The van der Waals surface area contributed by atoms with Crippen LogP contribution in [0, 0.1) is 11.6 Å². The summed E-state index contributed by atoms with van der Waals surface area (Å²) in [5.74, 6) is -1.21. The molecular formula is C18H18F2N2O2S2. The predicted octanol–water partition coefficient (Wildman–Crippen LogP) is 3.83. The maximum atomic E-state index is 13.8. The summed E-state index contributed by atoms with van der Waals surface area (Å²) in [6, 6.07) is 4.20. The van der Waals surface area contributed by atoms with E-state index < -0.39 is 11.6 Å². The first-order chi connectivity index (χ1) is 12.6. The second kappa shape index (κ2) is 7.54. The number of morpholine rings is 1. The Hall–Kier alpha value is -1.64. The first kappa shape index (κ1) is 17.8. The van der Waals surface area contributed by atoms with Gasteiger partial charge in [0.1, 0.15) is 5.25 Å². The quantitative estimate of drug-likeness (QED) is 0.856. The molecule has 1 fully saturated rings. The van der Waals surface area contributed by atoms with E-state index >= 15 is 0 Å². The van der Waals surface area contributed by atoms with Crippen molar-refractivity contribution in [2.24, 2.45) is 0 Å². The molecule has 2 aliphatic rings. The number of nitrogens with zero attached hydrogens (tertiary/aromatic N) is 1. The summed E-state index contributed by atoms with van der Waals surface area (Å²) in [5, 5.41) is 4.50. The number of fused-ring (bicyclic) bond motifs is 1.